The normalized spacial score (nSPS) is 36.5. The van der Waals surface area contributed by atoms with E-state index in [4.69, 9.17) is 0 Å². The lowest BCUT2D eigenvalue weighted by Gasteiger charge is -2.19. The number of benzene rings is 1. The van der Waals surface area contributed by atoms with Crippen molar-refractivity contribution < 1.29 is 9.59 Å². The van der Waals surface area contributed by atoms with E-state index < -0.39 is 0 Å². The summed E-state index contributed by atoms with van der Waals surface area (Å²) in [7, 11) is 0. The number of carbonyl (C=O) groups excluding carboxylic acids is 2. The van der Waals surface area contributed by atoms with Crippen LogP contribution in [0.25, 0.3) is 0 Å². The molecule has 2 saturated carbocycles. The zero-order chi connectivity index (χ0) is 14.1. The van der Waals surface area contributed by atoms with Crippen molar-refractivity contribution >= 4 is 17.5 Å². The number of hydrogen-bond acceptors (Lipinski definition) is 2. The van der Waals surface area contributed by atoms with Crippen molar-refractivity contribution in [2.24, 2.45) is 23.7 Å². The van der Waals surface area contributed by atoms with E-state index in [0.29, 0.717) is 11.8 Å². The highest BCUT2D eigenvalue weighted by molar-refractivity contribution is 6.22. The van der Waals surface area contributed by atoms with Gasteiger partial charge in [0.25, 0.3) is 0 Å². The molecular formula is C18H19NO2. The zero-order valence-electron chi connectivity index (χ0n) is 12.0. The summed E-state index contributed by atoms with van der Waals surface area (Å²) >= 11 is 0. The molecular weight excluding hydrogens is 262 g/mol. The molecule has 4 aliphatic rings. The number of anilines is 1. The zero-order valence-corrected chi connectivity index (χ0v) is 12.0. The fourth-order valence-electron chi connectivity index (χ4n) is 5.36. The lowest BCUT2D eigenvalue weighted by atomic mass is 9.81. The van der Waals surface area contributed by atoms with Crippen LogP contribution in [0.4, 0.5) is 5.69 Å². The minimum absolute atomic E-state index is 0.00972. The van der Waals surface area contributed by atoms with Crippen LogP contribution in [-0.2, 0) is 22.4 Å². The minimum Gasteiger partial charge on any atom is -0.274 e. The Bertz CT molecular complexity index is 637. The molecule has 0 N–H and O–H groups in total. The van der Waals surface area contributed by atoms with E-state index in [9.17, 15) is 9.59 Å². The largest absolute Gasteiger partial charge is 0.274 e. The van der Waals surface area contributed by atoms with Crippen molar-refractivity contribution in [3.8, 4) is 0 Å². The number of imide groups is 1. The van der Waals surface area contributed by atoms with Crippen molar-refractivity contribution in [2.75, 3.05) is 4.90 Å². The number of aryl methyl sites for hydroxylation is 2. The van der Waals surface area contributed by atoms with Gasteiger partial charge in [0.05, 0.1) is 17.5 Å². The van der Waals surface area contributed by atoms with Crippen molar-refractivity contribution in [1.82, 2.24) is 0 Å². The fraction of sp³-hybridized carbons (Fsp3) is 0.556. The van der Waals surface area contributed by atoms with Gasteiger partial charge in [-0.1, -0.05) is 6.07 Å². The van der Waals surface area contributed by atoms with Gasteiger partial charge in [0.1, 0.15) is 0 Å². The maximum Gasteiger partial charge on any atom is 0.237 e. The van der Waals surface area contributed by atoms with Gasteiger partial charge in [-0.3, -0.25) is 14.5 Å². The number of nitrogens with zero attached hydrogens (tertiary/aromatic N) is 1. The van der Waals surface area contributed by atoms with Crippen LogP contribution in [0.5, 0.6) is 0 Å². The first-order valence-corrected chi connectivity index (χ1v) is 8.23. The average molecular weight is 281 g/mol. The summed E-state index contributed by atoms with van der Waals surface area (Å²) in [6, 6.07) is 6.17. The van der Waals surface area contributed by atoms with Crippen molar-refractivity contribution in [1.29, 1.82) is 0 Å². The maximum absolute atomic E-state index is 12.8. The van der Waals surface area contributed by atoms with Gasteiger partial charge in [-0.05, 0) is 73.6 Å². The van der Waals surface area contributed by atoms with Crippen LogP contribution in [-0.4, -0.2) is 11.8 Å². The van der Waals surface area contributed by atoms with Crippen LogP contribution in [0, 0.1) is 23.7 Å². The predicted octanol–water partition coefficient (Wildman–Crippen LogP) is 2.71. The Labute approximate surface area is 124 Å². The second-order valence-electron chi connectivity index (χ2n) is 7.20. The van der Waals surface area contributed by atoms with E-state index >= 15 is 0 Å². The summed E-state index contributed by atoms with van der Waals surface area (Å²) < 4.78 is 0. The standard InChI is InChI=1S/C18H19NO2/c20-17-15-12-4-5-13(8-12)16(15)18(21)19(17)14-7-6-10-2-1-3-11(10)9-14/h6-7,9,12-13,15-16H,1-5,8H2/t12-,13-,15-,16-/m0/s1. The first-order valence-electron chi connectivity index (χ1n) is 8.23. The molecule has 3 aliphatic carbocycles. The first kappa shape index (κ1) is 12.0. The van der Waals surface area contributed by atoms with E-state index in [0.717, 1.165) is 37.8 Å². The molecule has 1 saturated heterocycles. The van der Waals surface area contributed by atoms with Crippen molar-refractivity contribution in [2.45, 2.75) is 38.5 Å². The SMILES string of the molecule is O=C1[C@H]2[C@H]3CC[C@@H](C3)[C@@H]2C(=O)N1c1ccc2c(c1)CCC2. The molecule has 21 heavy (non-hydrogen) atoms. The second-order valence-corrected chi connectivity index (χ2v) is 7.20. The summed E-state index contributed by atoms with van der Waals surface area (Å²) in [4.78, 5) is 27.1. The lowest BCUT2D eigenvalue weighted by molar-refractivity contribution is -0.123. The number of hydrogen-bond donors (Lipinski definition) is 0. The highest BCUT2D eigenvalue weighted by Gasteiger charge is 2.61. The van der Waals surface area contributed by atoms with Crippen molar-refractivity contribution in [3.05, 3.63) is 29.3 Å². The number of rotatable bonds is 1. The molecule has 3 heteroatoms. The third kappa shape index (κ3) is 1.44. The van der Waals surface area contributed by atoms with Crippen LogP contribution in [0.15, 0.2) is 18.2 Å². The average Bonchev–Trinajstić information content (AvgIpc) is 3.22. The van der Waals surface area contributed by atoms with E-state index in [2.05, 4.69) is 12.1 Å². The monoisotopic (exact) mass is 281 g/mol. The van der Waals surface area contributed by atoms with Crippen LogP contribution in [0.1, 0.15) is 36.8 Å². The predicted molar refractivity (Wildman–Crippen MR) is 78.8 cm³/mol. The first-order chi connectivity index (χ1) is 10.2. The van der Waals surface area contributed by atoms with Gasteiger partial charge >= 0.3 is 0 Å². The molecule has 108 valence electrons. The van der Waals surface area contributed by atoms with E-state index in [1.165, 1.54) is 22.4 Å². The molecule has 3 nitrogen and oxygen atoms in total. The summed E-state index contributed by atoms with van der Waals surface area (Å²) in [6.45, 7) is 0. The number of fused-ring (bicyclic) bond motifs is 6. The van der Waals surface area contributed by atoms with Gasteiger partial charge in [0, 0.05) is 0 Å². The molecule has 1 aliphatic heterocycles. The lowest BCUT2D eigenvalue weighted by Crippen LogP contribution is -2.32. The summed E-state index contributed by atoms with van der Waals surface area (Å²) in [5.41, 5.74) is 3.53. The van der Waals surface area contributed by atoms with Gasteiger partial charge < -0.3 is 0 Å². The molecule has 2 amide bonds. The van der Waals surface area contributed by atoms with E-state index in [1.54, 1.807) is 0 Å². The van der Waals surface area contributed by atoms with Crippen molar-refractivity contribution in [3.63, 3.8) is 0 Å². The Balaban J connectivity index is 1.55. The number of carbonyl (C=O) groups is 2. The third-order valence-corrected chi connectivity index (χ3v) is 6.27. The maximum atomic E-state index is 12.8. The summed E-state index contributed by atoms with van der Waals surface area (Å²) in [6.07, 6.45) is 6.79. The molecule has 3 fully saturated rings. The molecule has 1 aromatic carbocycles. The topological polar surface area (TPSA) is 37.4 Å². The fourth-order valence-corrected chi connectivity index (χ4v) is 5.36. The Kier molecular flexibility index (Phi) is 2.26. The Morgan fingerprint density at radius 3 is 2.29 bits per heavy atom. The Hall–Kier alpha value is -1.64. The van der Waals surface area contributed by atoms with Crippen LogP contribution >= 0.6 is 0 Å². The molecule has 2 bridgehead atoms. The summed E-state index contributed by atoms with van der Waals surface area (Å²) in [5, 5.41) is 0. The summed E-state index contributed by atoms with van der Waals surface area (Å²) in [5.74, 6) is 1.08. The van der Waals surface area contributed by atoms with Crippen LogP contribution in [0.3, 0.4) is 0 Å². The highest BCUT2D eigenvalue weighted by atomic mass is 16.2. The van der Waals surface area contributed by atoms with Gasteiger partial charge in [0.15, 0.2) is 0 Å². The highest BCUT2D eigenvalue weighted by Crippen LogP contribution is 2.56. The molecule has 0 unspecified atom stereocenters. The quantitative estimate of drug-likeness (QED) is 0.742. The molecule has 5 rings (SSSR count). The van der Waals surface area contributed by atoms with Gasteiger partial charge in [-0.25, -0.2) is 0 Å². The van der Waals surface area contributed by atoms with Gasteiger partial charge in [-0.2, -0.15) is 0 Å². The van der Waals surface area contributed by atoms with E-state index in [-0.39, 0.29) is 23.7 Å². The second kappa shape index (κ2) is 3.96. The van der Waals surface area contributed by atoms with E-state index in [1.807, 2.05) is 6.07 Å². The van der Waals surface area contributed by atoms with Gasteiger partial charge in [0.2, 0.25) is 11.8 Å². The molecule has 1 aromatic rings. The third-order valence-electron chi connectivity index (χ3n) is 6.27. The smallest absolute Gasteiger partial charge is 0.237 e. The number of amides is 2. The van der Waals surface area contributed by atoms with Crippen LogP contribution < -0.4 is 4.90 Å². The minimum atomic E-state index is -0.00972. The van der Waals surface area contributed by atoms with Crippen LogP contribution in [0.2, 0.25) is 0 Å². The molecule has 0 aromatic heterocycles. The molecule has 4 atom stereocenters. The van der Waals surface area contributed by atoms with Gasteiger partial charge in [-0.15, -0.1) is 0 Å². The molecule has 0 radical (unpaired) electrons. The Morgan fingerprint density at radius 2 is 1.57 bits per heavy atom. The molecule has 0 spiro atoms. The Morgan fingerprint density at radius 1 is 0.905 bits per heavy atom. The molecule has 1 heterocycles.